The van der Waals surface area contributed by atoms with Gasteiger partial charge >= 0.3 is 0 Å². The minimum absolute atomic E-state index is 0.0169. The van der Waals surface area contributed by atoms with E-state index in [1.54, 1.807) is 18.2 Å². The lowest BCUT2D eigenvalue weighted by Crippen LogP contribution is -2.42. The van der Waals surface area contributed by atoms with Gasteiger partial charge in [0.05, 0.1) is 10.9 Å². The number of hydrogen-bond acceptors (Lipinski definition) is 3. The second-order valence-corrected chi connectivity index (χ2v) is 8.61. The summed E-state index contributed by atoms with van der Waals surface area (Å²) in [6, 6.07) is 12.7. The first-order valence-electron chi connectivity index (χ1n) is 11.0. The highest BCUT2D eigenvalue weighted by atomic mass is 19.1. The zero-order valence-corrected chi connectivity index (χ0v) is 18.1. The summed E-state index contributed by atoms with van der Waals surface area (Å²) < 4.78 is 16.1. The maximum Gasteiger partial charge on any atom is 0.261 e. The van der Waals surface area contributed by atoms with Crippen LogP contribution in [0, 0.1) is 11.7 Å². The smallest absolute Gasteiger partial charge is 0.261 e. The number of fused-ring (bicyclic) bond motifs is 1. The van der Waals surface area contributed by atoms with Gasteiger partial charge in [-0.15, -0.1) is 0 Å². The zero-order chi connectivity index (χ0) is 21.3. The van der Waals surface area contributed by atoms with Gasteiger partial charge in [-0.05, 0) is 62.9 Å². The normalized spacial score (nSPS) is 17.7. The predicted octanol–water partition coefficient (Wildman–Crippen LogP) is 4.89. The van der Waals surface area contributed by atoms with Gasteiger partial charge in [0, 0.05) is 31.1 Å². The number of benzene rings is 2. The SMILES string of the molecule is CCc1nc2ccc(-c3ccccc3F)cc2c(=O)n1C[C@H]1CCCN(C(C)C)C1. The van der Waals surface area contributed by atoms with Gasteiger partial charge < -0.3 is 4.90 Å². The molecule has 1 aromatic heterocycles. The Morgan fingerprint density at radius 1 is 1.20 bits per heavy atom. The molecular weight excluding hydrogens is 377 g/mol. The highest BCUT2D eigenvalue weighted by Gasteiger charge is 2.23. The summed E-state index contributed by atoms with van der Waals surface area (Å²) in [6.07, 6.45) is 3.00. The second kappa shape index (κ2) is 8.68. The van der Waals surface area contributed by atoms with Crippen molar-refractivity contribution in [3.05, 3.63) is 64.5 Å². The monoisotopic (exact) mass is 407 g/mol. The van der Waals surface area contributed by atoms with Crippen molar-refractivity contribution >= 4 is 10.9 Å². The molecule has 1 saturated heterocycles. The molecule has 0 N–H and O–H groups in total. The van der Waals surface area contributed by atoms with E-state index >= 15 is 0 Å². The molecule has 4 nitrogen and oxygen atoms in total. The molecule has 1 aliphatic heterocycles. The van der Waals surface area contributed by atoms with E-state index in [9.17, 15) is 9.18 Å². The van der Waals surface area contributed by atoms with Crippen LogP contribution in [0.5, 0.6) is 0 Å². The number of hydrogen-bond donors (Lipinski definition) is 0. The van der Waals surface area contributed by atoms with Crippen molar-refractivity contribution in [3.63, 3.8) is 0 Å². The van der Waals surface area contributed by atoms with E-state index in [-0.39, 0.29) is 11.4 Å². The number of nitrogens with zero attached hydrogens (tertiary/aromatic N) is 3. The van der Waals surface area contributed by atoms with Crippen LogP contribution in [0.2, 0.25) is 0 Å². The number of piperidine rings is 1. The summed E-state index contributed by atoms with van der Waals surface area (Å²) in [4.78, 5) is 20.8. The van der Waals surface area contributed by atoms with E-state index in [4.69, 9.17) is 4.98 Å². The first kappa shape index (κ1) is 20.7. The number of likely N-dealkylation sites (tertiary alicyclic amines) is 1. The molecule has 1 fully saturated rings. The molecule has 2 aromatic carbocycles. The first-order valence-corrected chi connectivity index (χ1v) is 11.0. The molecule has 0 spiro atoms. The first-order chi connectivity index (χ1) is 14.5. The lowest BCUT2D eigenvalue weighted by molar-refractivity contribution is 0.129. The summed E-state index contributed by atoms with van der Waals surface area (Å²) in [5.41, 5.74) is 1.88. The quantitative estimate of drug-likeness (QED) is 0.605. The number of rotatable bonds is 5. The molecule has 0 radical (unpaired) electrons. The van der Waals surface area contributed by atoms with Crippen LogP contribution in [0.4, 0.5) is 4.39 Å². The van der Waals surface area contributed by atoms with Crippen LogP contribution in [0.15, 0.2) is 47.3 Å². The van der Waals surface area contributed by atoms with E-state index in [0.717, 1.165) is 31.8 Å². The fraction of sp³-hybridized carbons (Fsp3) is 0.440. The molecule has 0 aliphatic carbocycles. The zero-order valence-electron chi connectivity index (χ0n) is 18.1. The Bertz CT molecular complexity index is 1110. The third-order valence-electron chi connectivity index (χ3n) is 6.26. The highest BCUT2D eigenvalue weighted by Crippen LogP contribution is 2.26. The Hall–Kier alpha value is -2.53. The maximum atomic E-state index is 14.3. The molecule has 0 bridgehead atoms. The van der Waals surface area contributed by atoms with E-state index < -0.39 is 0 Å². The van der Waals surface area contributed by atoms with Gasteiger partial charge in [-0.1, -0.05) is 31.2 Å². The van der Waals surface area contributed by atoms with E-state index in [1.807, 2.05) is 29.7 Å². The fourth-order valence-electron chi connectivity index (χ4n) is 4.56. The number of aromatic nitrogens is 2. The maximum absolute atomic E-state index is 14.3. The average molecular weight is 408 g/mol. The third-order valence-corrected chi connectivity index (χ3v) is 6.26. The van der Waals surface area contributed by atoms with Crippen LogP contribution in [-0.2, 0) is 13.0 Å². The molecule has 4 rings (SSSR count). The van der Waals surface area contributed by atoms with Crippen molar-refractivity contribution in [2.75, 3.05) is 13.1 Å². The van der Waals surface area contributed by atoms with Crippen molar-refractivity contribution < 1.29 is 4.39 Å². The molecule has 5 heteroatoms. The highest BCUT2D eigenvalue weighted by molar-refractivity contribution is 5.84. The minimum atomic E-state index is -0.286. The summed E-state index contributed by atoms with van der Waals surface area (Å²) in [6.45, 7) is 9.34. The van der Waals surface area contributed by atoms with Crippen molar-refractivity contribution in [1.82, 2.24) is 14.5 Å². The Balaban J connectivity index is 1.74. The van der Waals surface area contributed by atoms with E-state index in [0.29, 0.717) is 47.0 Å². The second-order valence-electron chi connectivity index (χ2n) is 8.61. The van der Waals surface area contributed by atoms with Crippen molar-refractivity contribution in [1.29, 1.82) is 0 Å². The van der Waals surface area contributed by atoms with Crippen LogP contribution in [0.25, 0.3) is 22.0 Å². The van der Waals surface area contributed by atoms with Gasteiger partial charge in [0.25, 0.3) is 5.56 Å². The van der Waals surface area contributed by atoms with E-state index in [1.165, 1.54) is 6.07 Å². The molecule has 0 saturated carbocycles. The van der Waals surface area contributed by atoms with Crippen LogP contribution in [0.1, 0.15) is 39.4 Å². The van der Waals surface area contributed by atoms with Crippen LogP contribution >= 0.6 is 0 Å². The minimum Gasteiger partial charge on any atom is -0.301 e. The summed E-state index contributed by atoms with van der Waals surface area (Å²) in [7, 11) is 0. The molecule has 0 unspecified atom stereocenters. The van der Waals surface area contributed by atoms with Crippen molar-refractivity contribution in [2.45, 2.75) is 52.6 Å². The fourth-order valence-corrected chi connectivity index (χ4v) is 4.56. The Morgan fingerprint density at radius 2 is 2.00 bits per heavy atom. The summed E-state index contributed by atoms with van der Waals surface area (Å²) in [5, 5.41) is 0.560. The van der Waals surface area contributed by atoms with Gasteiger partial charge in [-0.3, -0.25) is 9.36 Å². The predicted molar refractivity (Wildman–Crippen MR) is 120 cm³/mol. The average Bonchev–Trinajstić information content (AvgIpc) is 2.76. The standard InChI is InChI=1S/C25H30FN3O/c1-4-24-27-23-12-11-19(20-9-5-6-10-22(20)26)14-21(23)25(30)29(24)16-18-8-7-13-28(15-18)17(2)3/h5-6,9-12,14,17-18H,4,7-8,13,15-16H2,1-3H3/t18-/m0/s1. The van der Waals surface area contributed by atoms with Gasteiger partial charge in [0.15, 0.2) is 0 Å². The van der Waals surface area contributed by atoms with Crippen LogP contribution in [0.3, 0.4) is 0 Å². The van der Waals surface area contributed by atoms with Crippen molar-refractivity contribution in [3.8, 4) is 11.1 Å². The molecule has 0 amide bonds. The molecule has 2 heterocycles. The lowest BCUT2D eigenvalue weighted by Gasteiger charge is -2.35. The van der Waals surface area contributed by atoms with Crippen LogP contribution < -0.4 is 5.56 Å². The number of aryl methyl sites for hydroxylation is 1. The molecule has 1 aliphatic rings. The molecular formula is C25H30FN3O. The third kappa shape index (κ3) is 4.04. The largest absolute Gasteiger partial charge is 0.301 e. The van der Waals surface area contributed by atoms with Gasteiger partial charge in [0.2, 0.25) is 0 Å². The van der Waals surface area contributed by atoms with Gasteiger partial charge in [-0.25, -0.2) is 9.37 Å². The lowest BCUT2D eigenvalue weighted by atomic mass is 9.96. The molecule has 3 aromatic rings. The molecule has 158 valence electrons. The van der Waals surface area contributed by atoms with Crippen LogP contribution in [-0.4, -0.2) is 33.6 Å². The molecule has 1 atom stereocenters. The Kier molecular flexibility index (Phi) is 6.00. The Morgan fingerprint density at radius 3 is 2.73 bits per heavy atom. The Labute approximate surface area is 177 Å². The summed E-state index contributed by atoms with van der Waals surface area (Å²) >= 11 is 0. The van der Waals surface area contributed by atoms with Gasteiger partial charge in [0.1, 0.15) is 11.6 Å². The summed E-state index contributed by atoms with van der Waals surface area (Å²) in [5.74, 6) is 0.984. The van der Waals surface area contributed by atoms with Gasteiger partial charge in [-0.2, -0.15) is 0 Å². The molecule has 30 heavy (non-hydrogen) atoms. The van der Waals surface area contributed by atoms with Crippen molar-refractivity contribution in [2.24, 2.45) is 5.92 Å². The topological polar surface area (TPSA) is 38.1 Å². The number of halogens is 1. The van der Waals surface area contributed by atoms with E-state index in [2.05, 4.69) is 18.7 Å².